The zero-order valence-electron chi connectivity index (χ0n) is 14.5. The van der Waals surface area contributed by atoms with Gasteiger partial charge in [-0.1, -0.05) is 0 Å². The summed E-state index contributed by atoms with van der Waals surface area (Å²) in [7, 11) is 3.13. The number of anilines is 1. The highest BCUT2D eigenvalue weighted by Gasteiger charge is 2.19. The summed E-state index contributed by atoms with van der Waals surface area (Å²) in [5, 5.41) is 2.87. The summed E-state index contributed by atoms with van der Waals surface area (Å²) in [6.07, 6.45) is 0.874. The van der Waals surface area contributed by atoms with Gasteiger partial charge in [0.15, 0.2) is 0 Å². The second kappa shape index (κ2) is 8.54. The van der Waals surface area contributed by atoms with E-state index in [2.05, 4.69) is 10.2 Å². The lowest BCUT2D eigenvalue weighted by molar-refractivity contribution is -0.128. The maximum absolute atomic E-state index is 12.3. The number of amides is 2. The molecule has 0 atom stereocenters. The van der Waals surface area contributed by atoms with Crippen LogP contribution in [0.25, 0.3) is 0 Å². The first kappa shape index (κ1) is 18.1. The van der Waals surface area contributed by atoms with Gasteiger partial charge in [-0.2, -0.15) is 0 Å². The molecule has 0 saturated carbocycles. The van der Waals surface area contributed by atoms with Crippen molar-refractivity contribution in [1.82, 2.24) is 9.80 Å². The summed E-state index contributed by atoms with van der Waals surface area (Å²) in [6, 6.07) is 5.26. The first-order valence-corrected chi connectivity index (χ1v) is 8.03. The van der Waals surface area contributed by atoms with Crippen LogP contribution in [-0.4, -0.2) is 68.6 Å². The van der Waals surface area contributed by atoms with Crippen LogP contribution >= 0.6 is 0 Å². The minimum Gasteiger partial charge on any atom is -0.497 e. The molecule has 7 heteroatoms. The van der Waals surface area contributed by atoms with Crippen molar-refractivity contribution in [3.63, 3.8) is 0 Å². The lowest BCUT2D eigenvalue weighted by atomic mass is 10.2. The Balaban J connectivity index is 1.92. The molecule has 7 nitrogen and oxygen atoms in total. The molecule has 1 aromatic rings. The molecule has 1 N–H and O–H groups in total. The van der Waals surface area contributed by atoms with Gasteiger partial charge in [0.25, 0.3) is 0 Å². The third kappa shape index (κ3) is 4.86. The van der Waals surface area contributed by atoms with E-state index in [4.69, 9.17) is 9.47 Å². The molecule has 0 aliphatic carbocycles. The lowest BCUT2D eigenvalue weighted by Gasteiger charge is -2.21. The molecule has 1 aliphatic heterocycles. The van der Waals surface area contributed by atoms with Crippen LogP contribution in [-0.2, 0) is 9.59 Å². The van der Waals surface area contributed by atoms with Crippen molar-refractivity contribution in [3.05, 3.63) is 18.2 Å². The van der Waals surface area contributed by atoms with Gasteiger partial charge in [-0.25, -0.2) is 0 Å². The standard InChI is InChI=1S/C17H25N3O4/c1-13(21)20-8-4-7-19(9-10-20)12-17(22)18-15-6-5-14(23-2)11-16(15)24-3/h5-6,11H,4,7-10,12H2,1-3H3,(H,18,22). The van der Waals surface area contributed by atoms with Gasteiger partial charge in [0, 0.05) is 39.2 Å². The highest BCUT2D eigenvalue weighted by atomic mass is 16.5. The zero-order chi connectivity index (χ0) is 17.5. The molecular weight excluding hydrogens is 310 g/mol. The molecule has 1 saturated heterocycles. The van der Waals surface area contributed by atoms with Crippen LogP contribution in [0.15, 0.2) is 18.2 Å². The number of carbonyl (C=O) groups is 2. The largest absolute Gasteiger partial charge is 0.497 e. The number of methoxy groups -OCH3 is 2. The number of nitrogens with one attached hydrogen (secondary N) is 1. The Hall–Kier alpha value is -2.28. The highest BCUT2D eigenvalue weighted by Crippen LogP contribution is 2.28. The molecule has 1 fully saturated rings. The van der Waals surface area contributed by atoms with E-state index in [1.165, 1.54) is 0 Å². The zero-order valence-corrected chi connectivity index (χ0v) is 14.5. The number of hydrogen-bond donors (Lipinski definition) is 1. The van der Waals surface area contributed by atoms with Crippen molar-refractivity contribution in [1.29, 1.82) is 0 Å². The first-order chi connectivity index (χ1) is 11.5. The van der Waals surface area contributed by atoms with Crippen LogP contribution in [0.2, 0.25) is 0 Å². The van der Waals surface area contributed by atoms with Crippen LogP contribution in [0, 0.1) is 0 Å². The number of hydrogen-bond acceptors (Lipinski definition) is 5. The summed E-state index contributed by atoms with van der Waals surface area (Å²) >= 11 is 0. The molecule has 2 rings (SSSR count). The normalized spacial score (nSPS) is 15.5. The van der Waals surface area contributed by atoms with Crippen molar-refractivity contribution in [2.45, 2.75) is 13.3 Å². The van der Waals surface area contributed by atoms with E-state index in [1.807, 2.05) is 4.90 Å². The number of nitrogens with zero attached hydrogens (tertiary/aromatic N) is 2. The fraction of sp³-hybridized carbons (Fsp3) is 0.529. The maximum Gasteiger partial charge on any atom is 0.238 e. The second-order valence-electron chi connectivity index (χ2n) is 5.75. The molecule has 0 spiro atoms. The molecule has 0 aromatic heterocycles. The minimum absolute atomic E-state index is 0.0873. The van der Waals surface area contributed by atoms with Crippen LogP contribution in [0.4, 0.5) is 5.69 Å². The highest BCUT2D eigenvalue weighted by molar-refractivity contribution is 5.93. The van der Waals surface area contributed by atoms with Crippen molar-refractivity contribution in [3.8, 4) is 11.5 Å². The fourth-order valence-corrected chi connectivity index (χ4v) is 2.74. The van der Waals surface area contributed by atoms with Crippen LogP contribution in [0.1, 0.15) is 13.3 Å². The van der Waals surface area contributed by atoms with Crippen molar-refractivity contribution < 1.29 is 19.1 Å². The summed E-state index contributed by atoms with van der Waals surface area (Å²) in [6.45, 7) is 4.79. The van der Waals surface area contributed by atoms with Gasteiger partial charge in [-0.15, -0.1) is 0 Å². The van der Waals surface area contributed by atoms with Gasteiger partial charge >= 0.3 is 0 Å². The van der Waals surface area contributed by atoms with Crippen LogP contribution in [0.3, 0.4) is 0 Å². The smallest absolute Gasteiger partial charge is 0.238 e. The Morgan fingerprint density at radius 3 is 2.58 bits per heavy atom. The quantitative estimate of drug-likeness (QED) is 0.875. The third-order valence-electron chi connectivity index (χ3n) is 4.08. The van der Waals surface area contributed by atoms with Crippen molar-refractivity contribution >= 4 is 17.5 Å². The van der Waals surface area contributed by atoms with Crippen molar-refractivity contribution in [2.75, 3.05) is 52.3 Å². The summed E-state index contributed by atoms with van der Waals surface area (Å²) < 4.78 is 10.4. The minimum atomic E-state index is -0.102. The molecule has 1 heterocycles. The van der Waals surface area contributed by atoms with Crippen LogP contribution in [0.5, 0.6) is 11.5 Å². The Morgan fingerprint density at radius 2 is 1.92 bits per heavy atom. The lowest BCUT2D eigenvalue weighted by Crippen LogP contribution is -2.37. The Labute approximate surface area is 142 Å². The van der Waals surface area contributed by atoms with Gasteiger partial charge in [-0.05, 0) is 18.6 Å². The summed E-state index contributed by atoms with van der Waals surface area (Å²) in [5.74, 6) is 1.21. The monoisotopic (exact) mass is 335 g/mol. The topological polar surface area (TPSA) is 71.1 Å². The number of ether oxygens (including phenoxy) is 2. The molecule has 24 heavy (non-hydrogen) atoms. The van der Waals surface area contributed by atoms with Gasteiger partial charge in [-0.3, -0.25) is 14.5 Å². The molecule has 1 aliphatic rings. The number of rotatable bonds is 5. The van der Waals surface area contributed by atoms with Crippen molar-refractivity contribution in [2.24, 2.45) is 0 Å². The first-order valence-electron chi connectivity index (χ1n) is 8.03. The van der Waals surface area contributed by atoms with E-state index in [0.29, 0.717) is 36.8 Å². The van der Waals surface area contributed by atoms with E-state index in [-0.39, 0.29) is 11.8 Å². The average molecular weight is 335 g/mol. The molecule has 1 aromatic carbocycles. The molecular formula is C17H25N3O4. The maximum atomic E-state index is 12.3. The summed E-state index contributed by atoms with van der Waals surface area (Å²) in [4.78, 5) is 27.6. The van der Waals surface area contributed by atoms with Gasteiger partial charge < -0.3 is 19.7 Å². The Morgan fingerprint density at radius 1 is 1.12 bits per heavy atom. The average Bonchev–Trinajstić information content (AvgIpc) is 2.80. The third-order valence-corrected chi connectivity index (χ3v) is 4.08. The predicted molar refractivity (Wildman–Crippen MR) is 91.5 cm³/mol. The van der Waals surface area contributed by atoms with E-state index in [0.717, 1.165) is 19.5 Å². The van der Waals surface area contributed by atoms with E-state index in [9.17, 15) is 9.59 Å². The Bertz CT molecular complexity index is 591. The van der Waals surface area contributed by atoms with E-state index in [1.54, 1.807) is 39.3 Å². The SMILES string of the molecule is COc1ccc(NC(=O)CN2CCCN(C(C)=O)CC2)c(OC)c1. The van der Waals surface area contributed by atoms with E-state index < -0.39 is 0 Å². The Kier molecular flexibility index (Phi) is 6.43. The molecule has 0 bridgehead atoms. The van der Waals surface area contributed by atoms with Gasteiger partial charge in [0.1, 0.15) is 11.5 Å². The second-order valence-corrected chi connectivity index (χ2v) is 5.75. The molecule has 2 amide bonds. The predicted octanol–water partition coefficient (Wildman–Crippen LogP) is 1.20. The van der Waals surface area contributed by atoms with Gasteiger partial charge in [0.2, 0.25) is 11.8 Å². The summed E-state index contributed by atoms with van der Waals surface area (Å²) in [5.41, 5.74) is 0.614. The number of carbonyl (C=O) groups excluding carboxylic acids is 2. The van der Waals surface area contributed by atoms with Crippen LogP contribution < -0.4 is 14.8 Å². The molecule has 132 valence electrons. The van der Waals surface area contributed by atoms with Gasteiger partial charge in [0.05, 0.1) is 26.5 Å². The fourth-order valence-electron chi connectivity index (χ4n) is 2.74. The molecule has 0 unspecified atom stereocenters. The number of benzene rings is 1. The molecule has 0 radical (unpaired) electrons. The van der Waals surface area contributed by atoms with E-state index >= 15 is 0 Å².